The van der Waals surface area contributed by atoms with Crippen molar-refractivity contribution in [1.29, 1.82) is 5.41 Å². The maximum Gasteiger partial charge on any atom is 0.511 e. The summed E-state index contributed by atoms with van der Waals surface area (Å²) in [5, 5.41) is 22.5. The molecule has 0 atom stereocenters. The molecule has 0 aliphatic carbocycles. The van der Waals surface area contributed by atoms with Crippen LogP contribution in [-0.2, 0) is 16.6 Å². The molecule has 0 bridgehead atoms. The maximum absolute atomic E-state index is 13.1. The number of hydrogen-bond acceptors (Lipinski definition) is 7. The van der Waals surface area contributed by atoms with Gasteiger partial charge in [0.1, 0.15) is 17.2 Å². The van der Waals surface area contributed by atoms with Gasteiger partial charge in [0.2, 0.25) is 10.0 Å². The number of sulfonamides is 1. The number of nitrogens with two attached hydrogens (primary N) is 1. The van der Waals surface area contributed by atoms with Crippen LogP contribution >= 0.6 is 0 Å². The van der Waals surface area contributed by atoms with Crippen LogP contribution in [-0.4, -0.2) is 60.5 Å². The average molecular weight is 579 g/mol. The van der Waals surface area contributed by atoms with E-state index >= 15 is 0 Å². The number of piperidine rings is 1. The van der Waals surface area contributed by atoms with Gasteiger partial charge >= 0.3 is 6.16 Å². The summed E-state index contributed by atoms with van der Waals surface area (Å²) >= 11 is 0. The zero-order valence-corrected chi connectivity index (χ0v) is 24.0. The van der Waals surface area contributed by atoms with E-state index in [0.717, 1.165) is 22.6 Å². The number of hydrogen-bond donors (Lipinski definition) is 4. The quantitative estimate of drug-likeness (QED) is 0.104. The zero-order valence-electron chi connectivity index (χ0n) is 23.2. The van der Waals surface area contributed by atoms with Gasteiger partial charge in [-0.05, 0) is 60.5 Å². The maximum atomic E-state index is 13.1. The van der Waals surface area contributed by atoms with E-state index in [1.807, 2.05) is 54.8 Å². The van der Waals surface area contributed by atoms with Crippen molar-refractivity contribution in [3.8, 4) is 5.75 Å². The third-order valence-electron chi connectivity index (χ3n) is 7.36. The fourth-order valence-corrected chi connectivity index (χ4v) is 6.80. The summed E-state index contributed by atoms with van der Waals surface area (Å²) in [5.41, 5.74) is 8.54. The fourth-order valence-electron chi connectivity index (χ4n) is 5.56. The molecule has 3 aromatic carbocycles. The Morgan fingerprint density at radius 3 is 2.51 bits per heavy atom. The van der Waals surface area contributed by atoms with E-state index in [9.17, 15) is 18.3 Å². The van der Waals surface area contributed by atoms with E-state index in [2.05, 4.69) is 5.32 Å². The number of benzene rings is 3. The van der Waals surface area contributed by atoms with E-state index in [1.54, 1.807) is 6.07 Å². The number of ether oxygens (including phenoxy) is 1. The summed E-state index contributed by atoms with van der Waals surface area (Å²) in [4.78, 5) is 16.5. The summed E-state index contributed by atoms with van der Waals surface area (Å²) < 4.78 is 34.7. The van der Waals surface area contributed by atoms with Crippen LogP contribution < -0.4 is 20.1 Å². The molecule has 0 radical (unpaired) electrons. The highest BCUT2D eigenvalue weighted by Gasteiger charge is 2.31. The molecule has 2 heterocycles. The van der Waals surface area contributed by atoms with Gasteiger partial charge in [-0.15, -0.1) is 0 Å². The molecule has 5 N–H and O–H groups in total. The lowest BCUT2D eigenvalue weighted by Crippen LogP contribution is -2.46. The summed E-state index contributed by atoms with van der Waals surface area (Å²) in [6.45, 7) is 5.74. The number of nitrogen functional groups attached to an aromatic ring is 1. The first kappa shape index (κ1) is 28.4. The Balaban J connectivity index is 1.70. The Morgan fingerprint density at radius 2 is 1.88 bits per heavy atom. The predicted molar refractivity (Wildman–Crippen MR) is 160 cm³/mol. The molecule has 0 saturated carbocycles. The number of fused-ring (bicyclic) bond motifs is 2. The first-order chi connectivity index (χ1) is 19.4. The van der Waals surface area contributed by atoms with Crippen LogP contribution in [0.15, 0.2) is 48.5 Å². The number of nitrogens with one attached hydrogen (secondary N) is 2. The molecular weight excluding hydrogens is 544 g/mol. The van der Waals surface area contributed by atoms with E-state index in [-0.39, 0.29) is 23.5 Å². The van der Waals surface area contributed by atoms with E-state index < -0.39 is 16.2 Å². The molecule has 216 valence electrons. The number of aromatic nitrogens is 2. The van der Waals surface area contributed by atoms with Crippen molar-refractivity contribution in [1.82, 2.24) is 14.9 Å². The number of nitrogens with zero attached hydrogens (tertiary/aromatic N) is 3. The number of carbonyl (C=O) groups is 1. The van der Waals surface area contributed by atoms with Crippen molar-refractivity contribution in [2.45, 2.75) is 45.2 Å². The minimum atomic E-state index is -3.70. The molecule has 1 aliphatic rings. The number of amidine groups is 1. The van der Waals surface area contributed by atoms with Gasteiger partial charge in [0.15, 0.2) is 5.75 Å². The average Bonchev–Trinajstić information content (AvgIpc) is 3.26. The Hall–Kier alpha value is -4.16. The lowest BCUT2D eigenvalue weighted by atomic mass is 10.0. The monoisotopic (exact) mass is 578 g/mol. The minimum Gasteiger partial charge on any atom is -0.449 e. The van der Waals surface area contributed by atoms with Crippen LogP contribution in [0.4, 0.5) is 10.5 Å². The fraction of sp³-hybridized carbons (Fsp3) is 0.345. The highest BCUT2D eigenvalue weighted by molar-refractivity contribution is 7.92. The summed E-state index contributed by atoms with van der Waals surface area (Å²) in [6, 6.07) is 14.6. The third kappa shape index (κ3) is 5.84. The SMILES string of the molecule is CC(C)c1nc2c(OC(=O)O)cc(N(C3CCNCC3)S(C)(=O)=O)cc2n1Cc1ccc2ccc(C(=N)N)cc2c1. The normalized spacial score (nSPS) is 14.5. The van der Waals surface area contributed by atoms with Crippen molar-refractivity contribution in [2.24, 2.45) is 5.73 Å². The number of imidazole rings is 1. The van der Waals surface area contributed by atoms with Gasteiger partial charge in [0.05, 0.1) is 17.5 Å². The smallest absolute Gasteiger partial charge is 0.449 e. The summed E-state index contributed by atoms with van der Waals surface area (Å²) in [5.74, 6) is 0.655. The molecule has 41 heavy (non-hydrogen) atoms. The van der Waals surface area contributed by atoms with E-state index in [4.69, 9.17) is 20.9 Å². The number of anilines is 1. The molecule has 1 aromatic heterocycles. The van der Waals surface area contributed by atoms with Gasteiger partial charge in [0, 0.05) is 30.1 Å². The Labute approximate surface area is 238 Å². The second-order valence-electron chi connectivity index (χ2n) is 10.7. The lowest BCUT2D eigenvalue weighted by molar-refractivity contribution is 0.145. The molecule has 4 aromatic rings. The van der Waals surface area contributed by atoms with Crippen LogP contribution in [0.2, 0.25) is 0 Å². The molecule has 5 rings (SSSR count). The van der Waals surface area contributed by atoms with Crippen LogP contribution in [0.3, 0.4) is 0 Å². The molecule has 1 aliphatic heterocycles. The van der Waals surface area contributed by atoms with Gasteiger partial charge in [0.25, 0.3) is 0 Å². The largest absolute Gasteiger partial charge is 0.511 e. The molecule has 0 spiro atoms. The first-order valence-electron chi connectivity index (χ1n) is 13.4. The molecule has 1 fully saturated rings. The lowest BCUT2D eigenvalue weighted by Gasteiger charge is -2.34. The molecule has 0 amide bonds. The van der Waals surface area contributed by atoms with E-state index in [0.29, 0.717) is 60.6 Å². The second kappa shape index (κ2) is 11.0. The van der Waals surface area contributed by atoms with E-state index in [1.165, 1.54) is 10.4 Å². The second-order valence-corrected chi connectivity index (χ2v) is 12.6. The van der Waals surface area contributed by atoms with Crippen LogP contribution in [0.1, 0.15) is 49.6 Å². The number of rotatable bonds is 8. The van der Waals surface area contributed by atoms with Crippen molar-refractivity contribution >= 4 is 49.5 Å². The van der Waals surface area contributed by atoms with Gasteiger partial charge in [-0.25, -0.2) is 18.2 Å². The Morgan fingerprint density at radius 1 is 1.17 bits per heavy atom. The zero-order chi connectivity index (χ0) is 29.5. The van der Waals surface area contributed by atoms with Crippen LogP contribution in [0.5, 0.6) is 5.75 Å². The van der Waals surface area contributed by atoms with Crippen molar-refractivity contribution in [3.05, 3.63) is 65.5 Å². The molecule has 0 unspecified atom stereocenters. The molecular formula is C29H34N6O5S. The molecule has 11 nitrogen and oxygen atoms in total. The van der Waals surface area contributed by atoms with Gasteiger partial charge in [-0.2, -0.15) is 0 Å². The topological polar surface area (TPSA) is 164 Å². The van der Waals surface area contributed by atoms with Gasteiger partial charge < -0.3 is 25.5 Å². The highest BCUT2D eigenvalue weighted by Crippen LogP contribution is 2.37. The van der Waals surface area contributed by atoms with Crippen LogP contribution in [0.25, 0.3) is 21.8 Å². The third-order valence-corrected chi connectivity index (χ3v) is 8.58. The number of carboxylic acid groups (broad SMARTS) is 1. The van der Waals surface area contributed by atoms with Crippen molar-refractivity contribution < 1.29 is 23.1 Å². The summed E-state index contributed by atoms with van der Waals surface area (Å²) in [7, 11) is -3.70. The Bertz CT molecular complexity index is 1760. The van der Waals surface area contributed by atoms with Crippen molar-refractivity contribution in [2.75, 3.05) is 23.7 Å². The van der Waals surface area contributed by atoms with Crippen molar-refractivity contribution in [3.63, 3.8) is 0 Å². The van der Waals surface area contributed by atoms with Gasteiger partial charge in [-0.1, -0.05) is 38.1 Å². The highest BCUT2D eigenvalue weighted by atomic mass is 32.2. The van der Waals surface area contributed by atoms with Crippen LogP contribution in [0, 0.1) is 5.41 Å². The molecule has 1 saturated heterocycles. The van der Waals surface area contributed by atoms with Gasteiger partial charge in [-0.3, -0.25) is 9.71 Å². The standard InChI is InChI=1S/C29H34N6O5S/c1-17(2)28-33-26-24(34(28)16-18-4-5-19-6-7-20(27(30)31)13-21(19)12-18)14-23(15-25(26)40-29(36)37)35(41(3,38)39)22-8-10-32-11-9-22/h4-7,12-15,17,22,32H,8-11,16H2,1-3H3,(H3,30,31)(H,36,37). The predicted octanol–water partition coefficient (Wildman–Crippen LogP) is 4.22. The summed E-state index contributed by atoms with van der Waals surface area (Å²) in [6.07, 6.45) is 0.900. The molecule has 12 heteroatoms. The first-order valence-corrected chi connectivity index (χ1v) is 15.3. The Kier molecular flexibility index (Phi) is 7.62. The minimum absolute atomic E-state index is 0.0114.